The Labute approximate surface area is 155 Å². The first-order valence-corrected chi connectivity index (χ1v) is 9.16. The van der Waals surface area contributed by atoms with E-state index in [4.69, 9.17) is 11.6 Å². The number of hydrogen-bond acceptors (Lipinski definition) is 2. The fourth-order valence-corrected chi connectivity index (χ4v) is 3.58. The lowest BCUT2D eigenvalue weighted by molar-refractivity contribution is 0.102. The smallest absolute Gasteiger partial charge is 0.256 e. The highest BCUT2D eigenvalue weighted by atomic mass is 127. The van der Waals surface area contributed by atoms with Crippen LogP contribution in [0, 0.1) is 3.57 Å². The summed E-state index contributed by atoms with van der Waals surface area (Å²) in [5, 5.41) is 3.61. The van der Waals surface area contributed by atoms with Gasteiger partial charge in [-0.2, -0.15) is 0 Å². The monoisotopic (exact) mass is 440 g/mol. The summed E-state index contributed by atoms with van der Waals surface area (Å²) in [5.41, 5.74) is 2.63. The van der Waals surface area contributed by atoms with E-state index in [9.17, 15) is 4.79 Å². The van der Waals surface area contributed by atoms with E-state index in [0.717, 1.165) is 34.5 Å². The molecule has 3 nitrogen and oxygen atoms in total. The molecule has 0 unspecified atom stereocenters. The first-order valence-electron chi connectivity index (χ1n) is 7.70. The van der Waals surface area contributed by atoms with Crippen molar-refractivity contribution in [3.63, 3.8) is 0 Å². The van der Waals surface area contributed by atoms with E-state index in [-0.39, 0.29) is 5.91 Å². The number of nitrogens with zero attached hydrogens (tertiary/aromatic N) is 1. The van der Waals surface area contributed by atoms with Crippen molar-refractivity contribution in [2.75, 3.05) is 18.4 Å². The Morgan fingerprint density at radius 2 is 1.91 bits per heavy atom. The molecular weight excluding hydrogens is 423 g/mol. The molecule has 1 aliphatic heterocycles. The number of amides is 1. The SMILES string of the molecule is O=C(Nc1ccccc1CN1CCCC1)c1cc(Cl)ccc1I. The molecule has 0 saturated carbocycles. The van der Waals surface area contributed by atoms with Crippen LogP contribution in [0.15, 0.2) is 42.5 Å². The number of para-hydroxylation sites is 1. The summed E-state index contributed by atoms with van der Waals surface area (Å²) in [6.07, 6.45) is 2.52. The zero-order valence-corrected chi connectivity index (χ0v) is 15.6. The van der Waals surface area contributed by atoms with E-state index in [1.165, 1.54) is 12.8 Å². The number of likely N-dealkylation sites (tertiary alicyclic amines) is 1. The normalized spacial score (nSPS) is 14.9. The molecule has 2 aromatic rings. The van der Waals surface area contributed by atoms with Crippen LogP contribution < -0.4 is 5.32 Å². The Morgan fingerprint density at radius 1 is 1.17 bits per heavy atom. The van der Waals surface area contributed by atoms with Crippen molar-refractivity contribution in [2.24, 2.45) is 0 Å². The standard InChI is InChI=1S/C18H18ClIN2O/c19-14-7-8-16(20)15(11-14)18(23)21-17-6-2-1-5-13(17)12-22-9-3-4-10-22/h1-2,5-8,11H,3-4,9-10,12H2,(H,21,23). The number of anilines is 1. The highest BCUT2D eigenvalue weighted by Gasteiger charge is 2.16. The first-order chi connectivity index (χ1) is 11.1. The summed E-state index contributed by atoms with van der Waals surface area (Å²) in [5.74, 6) is -0.120. The Balaban J connectivity index is 1.79. The summed E-state index contributed by atoms with van der Waals surface area (Å²) in [4.78, 5) is 15.0. The third kappa shape index (κ3) is 4.25. The predicted octanol–water partition coefficient (Wildman–Crippen LogP) is 4.79. The highest BCUT2D eigenvalue weighted by Crippen LogP contribution is 2.23. The first kappa shape index (κ1) is 16.7. The summed E-state index contributed by atoms with van der Waals surface area (Å²) in [7, 11) is 0. The molecule has 1 amide bonds. The maximum atomic E-state index is 12.6. The van der Waals surface area contributed by atoms with Gasteiger partial charge in [-0.3, -0.25) is 9.69 Å². The number of hydrogen-bond donors (Lipinski definition) is 1. The van der Waals surface area contributed by atoms with Gasteiger partial charge in [0.25, 0.3) is 5.91 Å². The molecule has 0 atom stereocenters. The lowest BCUT2D eigenvalue weighted by atomic mass is 10.1. The van der Waals surface area contributed by atoms with Crippen LogP contribution in [0.25, 0.3) is 0 Å². The van der Waals surface area contributed by atoms with E-state index < -0.39 is 0 Å². The molecule has 1 saturated heterocycles. The molecule has 0 aliphatic carbocycles. The summed E-state index contributed by atoms with van der Waals surface area (Å²) in [6, 6.07) is 13.4. The van der Waals surface area contributed by atoms with Gasteiger partial charge in [0.05, 0.1) is 5.56 Å². The maximum Gasteiger partial charge on any atom is 0.256 e. The number of carbonyl (C=O) groups is 1. The molecule has 120 valence electrons. The lowest BCUT2D eigenvalue weighted by Crippen LogP contribution is -2.20. The van der Waals surface area contributed by atoms with Crippen molar-refractivity contribution >= 4 is 45.8 Å². The molecule has 2 aromatic carbocycles. The Hall–Kier alpha value is -1.11. The van der Waals surface area contributed by atoms with Crippen LogP contribution >= 0.6 is 34.2 Å². The van der Waals surface area contributed by atoms with Crippen molar-refractivity contribution < 1.29 is 4.79 Å². The zero-order chi connectivity index (χ0) is 16.2. The third-order valence-corrected chi connectivity index (χ3v) is 5.21. The second-order valence-electron chi connectivity index (χ2n) is 5.72. The van der Waals surface area contributed by atoms with Crippen LogP contribution in [0.3, 0.4) is 0 Å². The second kappa shape index (κ2) is 7.64. The van der Waals surface area contributed by atoms with E-state index in [1.54, 1.807) is 12.1 Å². The molecule has 1 aliphatic rings. The van der Waals surface area contributed by atoms with Crippen LogP contribution in [0.5, 0.6) is 0 Å². The molecule has 23 heavy (non-hydrogen) atoms. The molecule has 3 rings (SSSR count). The zero-order valence-electron chi connectivity index (χ0n) is 12.7. The van der Waals surface area contributed by atoms with Gasteiger partial charge in [0.2, 0.25) is 0 Å². The minimum atomic E-state index is -0.120. The third-order valence-electron chi connectivity index (χ3n) is 4.03. The number of nitrogens with one attached hydrogen (secondary N) is 1. The average Bonchev–Trinajstić information content (AvgIpc) is 3.04. The van der Waals surface area contributed by atoms with E-state index >= 15 is 0 Å². The van der Waals surface area contributed by atoms with Crippen molar-refractivity contribution in [1.29, 1.82) is 0 Å². The average molecular weight is 441 g/mol. The van der Waals surface area contributed by atoms with Crippen molar-refractivity contribution in [2.45, 2.75) is 19.4 Å². The van der Waals surface area contributed by atoms with Crippen LogP contribution in [0.1, 0.15) is 28.8 Å². The Kier molecular flexibility index (Phi) is 5.56. The molecule has 0 radical (unpaired) electrons. The molecule has 1 fully saturated rings. The minimum Gasteiger partial charge on any atom is -0.322 e. The fraction of sp³-hybridized carbons (Fsp3) is 0.278. The van der Waals surface area contributed by atoms with Crippen LogP contribution in [-0.2, 0) is 6.54 Å². The van der Waals surface area contributed by atoms with E-state index in [2.05, 4.69) is 38.9 Å². The van der Waals surface area contributed by atoms with Crippen molar-refractivity contribution in [1.82, 2.24) is 4.90 Å². The van der Waals surface area contributed by atoms with Gasteiger partial charge in [-0.25, -0.2) is 0 Å². The molecule has 0 bridgehead atoms. The number of halogens is 2. The fourth-order valence-electron chi connectivity index (χ4n) is 2.82. The van der Waals surface area contributed by atoms with E-state index in [1.807, 2.05) is 24.3 Å². The minimum absolute atomic E-state index is 0.120. The number of rotatable bonds is 4. The van der Waals surface area contributed by atoms with Gasteiger partial charge in [-0.05, 0) is 78.4 Å². The quantitative estimate of drug-likeness (QED) is 0.693. The molecule has 1 N–H and O–H groups in total. The van der Waals surface area contributed by atoms with Gasteiger partial charge in [-0.15, -0.1) is 0 Å². The second-order valence-corrected chi connectivity index (χ2v) is 7.32. The lowest BCUT2D eigenvalue weighted by Gasteiger charge is -2.18. The van der Waals surface area contributed by atoms with Gasteiger partial charge in [0.15, 0.2) is 0 Å². The van der Waals surface area contributed by atoms with E-state index in [0.29, 0.717) is 10.6 Å². The predicted molar refractivity (Wildman–Crippen MR) is 103 cm³/mol. The largest absolute Gasteiger partial charge is 0.322 e. The van der Waals surface area contributed by atoms with Gasteiger partial charge >= 0.3 is 0 Å². The molecule has 5 heteroatoms. The summed E-state index contributed by atoms with van der Waals surface area (Å²) >= 11 is 8.17. The van der Waals surface area contributed by atoms with Crippen LogP contribution in [0.4, 0.5) is 5.69 Å². The topological polar surface area (TPSA) is 32.3 Å². The van der Waals surface area contributed by atoms with Crippen LogP contribution in [-0.4, -0.2) is 23.9 Å². The summed E-state index contributed by atoms with van der Waals surface area (Å²) in [6.45, 7) is 3.14. The Morgan fingerprint density at radius 3 is 2.70 bits per heavy atom. The van der Waals surface area contributed by atoms with Gasteiger partial charge in [-0.1, -0.05) is 29.8 Å². The maximum absolute atomic E-state index is 12.6. The molecule has 1 heterocycles. The van der Waals surface area contributed by atoms with Gasteiger partial charge in [0.1, 0.15) is 0 Å². The molecule has 0 aromatic heterocycles. The number of carbonyl (C=O) groups excluding carboxylic acids is 1. The van der Waals surface area contributed by atoms with Crippen molar-refractivity contribution in [3.8, 4) is 0 Å². The molecular formula is C18H18ClIN2O. The molecule has 0 spiro atoms. The Bertz CT molecular complexity index is 714. The summed E-state index contributed by atoms with van der Waals surface area (Å²) < 4.78 is 0.890. The van der Waals surface area contributed by atoms with Crippen LogP contribution in [0.2, 0.25) is 5.02 Å². The van der Waals surface area contributed by atoms with Gasteiger partial charge in [0, 0.05) is 20.8 Å². The highest BCUT2D eigenvalue weighted by molar-refractivity contribution is 14.1. The number of benzene rings is 2. The van der Waals surface area contributed by atoms with Gasteiger partial charge < -0.3 is 5.32 Å². The van der Waals surface area contributed by atoms with Crippen molar-refractivity contribution in [3.05, 3.63) is 62.2 Å².